The van der Waals surface area contributed by atoms with E-state index in [1.54, 1.807) is 0 Å². The van der Waals surface area contributed by atoms with Gasteiger partial charge in [0.15, 0.2) is 5.82 Å². The molecule has 1 rings (SSSR count). The number of aromatic carboxylic acids is 1. The molecule has 0 radical (unpaired) electrons. The minimum atomic E-state index is -4.24. The molecule has 0 amide bonds. The zero-order chi connectivity index (χ0) is 14.6. The van der Waals surface area contributed by atoms with Crippen LogP contribution in [0.25, 0.3) is 0 Å². The van der Waals surface area contributed by atoms with E-state index in [2.05, 4.69) is 21.2 Å². The Labute approximate surface area is 114 Å². The van der Waals surface area contributed by atoms with Crippen molar-refractivity contribution in [3.63, 3.8) is 0 Å². The number of benzene rings is 1. The Kier molecular flexibility index (Phi) is 5.16. The maximum Gasteiger partial charge on any atom is 0.389 e. The quantitative estimate of drug-likeness (QED) is 0.626. The summed E-state index contributed by atoms with van der Waals surface area (Å²) in [5.41, 5.74) is -0.294. The molecule has 3 nitrogen and oxygen atoms in total. The van der Waals surface area contributed by atoms with Crippen LogP contribution in [0, 0.1) is 5.82 Å². The molecule has 0 aliphatic rings. The monoisotopic (exact) mass is 343 g/mol. The van der Waals surface area contributed by atoms with Gasteiger partial charge in [-0.2, -0.15) is 13.2 Å². The lowest BCUT2D eigenvalue weighted by Crippen LogP contribution is -2.12. The summed E-state index contributed by atoms with van der Waals surface area (Å²) in [6.45, 7) is -0.0602. The van der Waals surface area contributed by atoms with Crippen LogP contribution < -0.4 is 5.32 Å². The van der Waals surface area contributed by atoms with E-state index in [1.165, 1.54) is 12.1 Å². The van der Waals surface area contributed by atoms with Crippen molar-refractivity contribution in [1.29, 1.82) is 0 Å². The van der Waals surface area contributed by atoms with Gasteiger partial charge in [-0.3, -0.25) is 0 Å². The van der Waals surface area contributed by atoms with Crippen molar-refractivity contribution >= 4 is 27.6 Å². The van der Waals surface area contributed by atoms with Crippen LogP contribution >= 0.6 is 15.9 Å². The molecule has 0 aliphatic heterocycles. The fraction of sp³-hybridized carbons (Fsp3) is 0.364. The number of anilines is 1. The van der Waals surface area contributed by atoms with Gasteiger partial charge in [0.05, 0.1) is 15.7 Å². The fourth-order valence-corrected chi connectivity index (χ4v) is 1.88. The van der Waals surface area contributed by atoms with Crippen LogP contribution in [0.3, 0.4) is 0 Å². The topological polar surface area (TPSA) is 49.3 Å². The molecule has 2 N–H and O–H groups in total. The van der Waals surface area contributed by atoms with Crippen LogP contribution in [-0.4, -0.2) is 23.8 Å². The summed E-state index contributed by atoms with van der Waals surface area (Å²) in [5.74, 6) is -2.14. The van der Waals surface area contributed by atoms with Crippen LogP contribution in [0.1, 0.15) is 23.2 Å². The second-order valence-electron chi connectivity index (χ2n) is 3.74. The molecule has 0 bridgehead atoms. The first-order valence-corrected chi connectivity index (χ1v) is 6.03. The molecule has 0 saturated heterocycles. The molecule has 0 heterocycles. The highest BCUT2D eigenvalue weighted by Crippen LogP contribution is 2.27. The Morgan fingerprint density at radius 2 is 2.00 bits per heavy atom. The highest BCUT2D eigenvalue weighted by Gasteiger charge is 2.26. The number of halogens is 5. The van der Waals surface area contributed by atoms with E-state index in [1.807, 2.05) is 0 Å². The predicted molar refractivity (Wildman–Crippen MR) is 64.8 cm³/mol. The Bertz CT molecular complexity index is 476. The van der Waals surface area contributed by atoms with E-state index < -0.39 is 24.4 Å². The molecule has 0 fully saturated rings. The van der Waals surface area contributed by atoms with E-state index >= 15 is 0 Å². The van der Waals surface area contributed by atoms with Gasteiger partial charge in [0.1, 0.15) is 0 Å². The first-order chi connectivity index (χ1) is 8.72. The third-order valence-corrected chi connectivity index (χ3v) is 3.04. The SMILES string of the molecule is O=C(O)c1ccc(NCCCC(F)(F)F)c(F)c1Br. The molecular weight excluding hydrogens is 334 g/mol. The normalized spacial score (nSPS) is 11.4. The lowest BCUT2D eigenvalue weighted by Gasteiger charge is -2.11. The standard InChI is InChI=1S/C11H10BrF4NO2/c12-8-6(10(18)19)2-3-7(9(8)13)17-5-1-4-11(14,15)16/h2-3,17H,1,4-5H2,(H,18,19). The second-order valence-corrected chi connectivity index (χ2v) is 4.53. The summed E-state index contributed by atoms with van der Waals surface area (Å²) >= 11 is 2.80. The lowest BCUT2D eigenvalue weighted by atomic mass is 10.2. The van der Waals surface area contributed by atoms with Gasteiger partial charge < -0.3 is 10.4 Å². The summed E-state index contributed by atoms with van der Waals surface area (Å²) in [6, 6.07) is 2.35. The summed E-state index contributed by atoms with van der Waals surface area (Å²) in [6.07, 6.45) is -5.40. The second kappa shape index (κ2) is 6.23. The van der Waals surface area contributed by atoms with Crippen LogP contribution in [0.5, 0.6) is 0 Å². The maximum absolute atomic E-state index is 13.7. The minimum absolute atomic E-state index is 0.0425. The van der Waals surface area contributed by atoms with Crippen LogP contribution in [0.2, 0.25) is 0 Å². The molecule has 0 unspecified atom stereocenters. The zero-order valence-electron chi connectivity index (χ0n) is 9.52. The number of carboxylic acid groups (broad SMARTS) is 1. The molecule has 0 aliphatic carbocycles. The highest BCUT2D eigenvalue weighted by atomic mass is 79.9. The predicted octanol–water partition coefficient (Wildman–Crippen LogP) is 4.04. The van der Waals surface area contributed by atoms with Gasteiger partial charge in [0.2, 0.25) is 0 Å². The first kappa shape index (κ1) is 15.7. The Balaban J connectivity index is 2.66. The Hall–Kier alpha value is -1.31. The average Bonchev–Trinajstić information content (AvgIpc) is 2.28. The molecule has 0 spiro atoms. The van der Waals surface area contributed by atoms with Crippen molar-refractivity contribution in [3.8, 4) is 0 Å². The third-order valence-electron chi connectivity index (χ3n) is 2.27. The van der Waals surface area contributed by atoms with Crippen molar-refractivity contribution in [2.24, 2.45) is 0 Å². The summed E-state index contributed by atoms with van der Waals surface area (Å²) in [7, 11) is 0. The van der Waals surface area contributed by atoms with Crippen LogP contribution in [0.4, 0.5) is 23.2 Å². The van der Waals surface area contributed by atoms with Gasteiger partial charge >= 0.3 is 12.1 Å². The number of alkyl halides is 3. The number of carboxylic acids is 1. The summed E-state index contributed by atoms with van der Waals surface area (Å²) < 4.78 is 49.1. The highest BCUT2D eigenvalue weighted by molar-refractivity contribution is 9.10. The molecule has 8 heteroatoms. The number of hydrogen-bond acceptors (Lipinski definition) is 2. The molecule has 0 atom stereocenters. The van der Waals surface area contributed by atoms with Gasteiger partial charge in [0.25, 0.3) is 0 Å². The van der Waals surface area contributed by atoms with E-state index in [0.717, 1.165) is 0 Å². The smallest absolute Gasteiger partial charge is 0.389 e. The molecule has 1 aromatic carbocycles. The van der Waals surface area contributed by atoms with Crippen LogP contribution in [0.15, 0.2) is 16.6 Å². The molecule has 106 valence electrons. The molecule has 19 heavy (non-hydrogen) atoms. The van der Waals surface area contributed by atoms with Gasteiger partial charge in [-0.25, -0.2) is 9.18 Å². The van der Waals surface area contributed by atoms with E-state index in [0.29, 0.717) is 0 Å². The molecule has 0 aromatic heterocycles. The number of hydrogen-bond donors (Lipinski definition) is 2. The molecule has 0 saturated carbocycles. The maximum atomic E-state index is 13.7. The van der Waals surface area contributed by atoms with E-state index in [4.69, 9.17) is 5.11 Å². The van der Waals surface area contributed by atoms with Crippen molar-refractivity contribution in [2.45, 2.75) is 19.0 Å². The Morgan fingerprint density at radius 1 is 1.37 bits per heavy atom. The molecule has 1 aromatic rings. The van der Waals surface area contributed by atoms with E-state index in [9.17, 15) is 22.4 Å². The largest absolute Gasteiger partial charge is 0.478 e. The number of carbonyl (C=O) groups is 1. The Morgan fingerprint density at radius 3 is 2.53 bits per heavy atom. The first-order valence-electron chi connectivity index (χ1n) is 5.24. The van der Waals surface area contributed by atoms with Gasteiger partial charge in [-0.05, 0) is 34.5 Å². The fourth-order valence-electron chi connectivity index (χ4n) is 1.36. The third kappa shape index (κ3) is 4.70. The van der Waals surface area contributed by atoms with E-state index in [-0.39, 0.29) is 28.7 Å². The molecular formula is C11H10BrF4NO2. The minimum Gasteiger partial charge on any atom is -0.478 e. The number of nitrogens with one attached hydrogen (secondary N) is 1. The van der Waals surface area contributed by atoms with Gasteiger partial charge in [0, 0.05) is 13.0 Å². The summed E-state index contributed by atoms with van der Waals surface area (Å²) in [4.78, 5) is 10.7. The van der Waals surface area contributed by atoms with Gasteiger partial charge in [-0.1, -0.05) is 0 Å². The van der Waals surface area contributed by atoms with Crippen molar-refractivity contribution in [3.05, 3.63) is 28.0 Å². The van der Waals surface area contributed by atoms with Crippen molar-refractivity contribution in [2.75, 3.05) is 11.9 Å². The van der Waals surface area contributed by atoms with Crippen molar-refractivity contribution < 1.29 is 27.5 Å². The van der Waals surface area contributed by atoms with Crippen molar-refractivity contribution in [1.82, 2.24) is 0 Å². The summed E-state index contributed by atoms with van der Waals surface area (Å²) in [5, 5.41) is 11.2. The lowest BCUT2D eigenvalue weighted by molar-refractivity contribution is -0.134. The van der Waals surface area contributed by atoms with Gasteiger partial charge in [-0.15, -0.1) is 0 Å². The number of rotatable bonds is 5. The average molecular weight is 344 g/mol. The zero-order valence-corrected chi connectivity index (χ0v) is 11.1. The van der Waals surface area contributed by atoms with Crippen LogP contribution in [-0.2, 0) is 0 Å².